The molecule has 0 fully saturated rings. The number of carbonyl (C=O) groups excluding carboxylic acids is 1. The monoisotopic (exact) mass is 504 g/mol. The molecule has 210 valence electrons. The summed E-state index contributed by atoms with van der Waals surface area (Å²) in [6, 6.07) is 0. The highest BCUT2D eigenvalue weighted by molar-refractivity contribution is 5.80. The smallest absolute Gasteiger partial charge is 0.323 e. The standard InChI is InChI=1S/C21H41NO3.C6H15NO3/c1-3-4-5-6-7-8-9-10-11-12-13-14-15-16-17-18-20(23)22(2)19-21(24)25;8-4-1-7(2-5-9)3-6-10/h3-19H2,1-2H3,(H,24,25);8-10H,1-6H2. The highest BCUT2D eigenvalue weighted by Gasteiger charge is 2.11. The number of nitrogens with zero attached hydrogens (tertiary/aromatic N) is 2. The highest BCUT2D eigenvalue weighted by Crippen LogP contribution is 2.13. The lowest BCUT2D eigenvalue weighted by molar-refractivity contribution is -0.143. The van der Waals surface area contributed by atoms with Crippen LogP contribution < -0.4 is 0 Å². The Bertz CT molecular complexity index is 451. The van der Waals surface area contributed by atoms with Crippen molar-refractivity contribution in [2.75, 3.05) is 53.0 Å². The number of likely N-dealkylation sites (N-methyl/N-ethyl adjacent to an activating group) is 1. The Hall–Kier alpha value is -1.22. The maximum absolute atomic E-state index is 11.7. The molecule has 8 nitrogen and oxygen atoms in total. The molecule has 0 atom stereocenters. The van der Waals surface area contributed by atoms with Crippen LogP contribution in [0.3, 0.4) is 0 Å². The summed E-state index contributed by atoms with van der Waals surface area (Å²) in [6.45, 7) is 3.82. The molecule has 0 heterocycles. The molecule has 1 amide bonds. The number of rotatable bonds is 24. The molecule has 0 aliphatic rings. The average molecular weight is 505 g/mol. The number of amides is 1. The van der Waals surface area contributed by atoms with Crippen LogP contribution in [-0.2, 0) is 9.59 Å². The third-order valence-corrected chi connectivity index (χ3v) is 6.04. The zero-order valence-corrected chi connectivity index (χ0v) is 22.8. The van der Waals surface area contributed by atoms with Gasteiger partial charge in [0.25, 0.3) is 0 Å². The predicted octanol–water partition coefficient (Wildman–Crippen LogP) is 4.06. The first kappa shape index (κ1) is 35.9. The van der Waals surface area contributed by atoms with Crippen LogP contribution in [0.2, 0.25) is 0 Å². The number of aliphatic hydroxyl groups is 3. The summed E-state index contributed by atoms with van der Waals surface area (Å²) in [5.41, 5.74) is 0. The highest BCUT2D eigenvalue weighted by atomic mass is 16.4. The molecule has 0 unspecified atom stereocenters. The summed E-state index contributed by atoms with van der Waals surface area (Å²) in [4.78, 5) is 25.3. The molecule has 0 aliphatic carbocycles. The Balaban J connectivity index is 0. The Labute approximate surface area is 214 Å². The lowest BCUT2D eigenvalue weighted by Gasteiger charge is -2.17. The molecule has 0 aromatic carbocycles. The van der Waals surface area contributed by atoms with Crippen LogP contribution in [0.5, 0.6) is 0 Å². The van der Waals surface area contributed by atoms with E-state index in [0.29, 0.717) is 26.1 Å². The van der Waals surface area contributed by atoms with Gasteiger partial charge in [0.1, 0.15) is 6.54 Å². The molecule has 8 heteroatoms. The Kier molecular flexibility index (Phi) is 29.8. The van der Waals surface area contributed by atoms with Crippen molar-refractivity contribution < 1.29 is 30.0 Å². The molecule has 0 aliphatic heterocycles. The van der Waals surface area contributed by atoms with Gasteiger partial charge >= 0.3 is 5.97 Å². The van der Waals surface area contributed by atoms with Crippen LogP contribution in [0.15, 0.2) is 0 Å². The summed E-state index contributed by atoms with van der Waals surface area (Å²) in [5.74, 6) is -1.01. The van der Waals surface area contributed by atoms with Crippen LogP contribution >= 0.6 is 0 Å². The fourth-order valence-corrected chi connectivity index (χ4v) is 3.89. The van der Waals surface area contributed by atoms with E-state index >= 15 is 0 Å². The molecule has 4 N–H and O–H groups in total. The van der Waals surface area contributed by atoms with Crippen LogP contribution in [0.25, 0.3) is 0 Å². The number of carbonyl (C=O) groups is 2. The van der Waals surface area contributed by atoms with Crippen LogP contribution in [0, 0.1) is 0 Å². The van der Waals surface area contributed by atoms with Crippen LogP contribution in [0.4, 0.5) is 0 Å². The van der Waals surface area contributed by atoms with Gasteiger partial charge in [0, 0.05) is 33.1 Å². The van der Waals surface area contributed by atoms with E-state index in [1.54, 1.807) is 11.9 Å². The number of carboxylic acids is 1. The Morgan fingerprint density at radius 2 is 0.943 bits per heavy atom. The van der Waals surface area contributed by atoms with Gasteiger partial charge in [-0.05, 0) is 6.42 Å². The number of unbranched alkanes of at least 4 members (excludes halogenated alkanes) is 14. The van der Waals surface area contributed by atoms with E-state index in [9.17, 15) is 9.59 Å². The van der Waals surface area contributed by atoms with Crippen molar-refractivity contribution in [1.82, 2.24) is 9.80 Å². The van der Waals surface area contributed by atoms with Crippen molar-refractivity contribution in [2.45, 2.75) is 110 Å². The van der Waals surface area contributed by atoms with E-state index in [-0.39, 0.29) is 32.3 Å². The summed E-state index contributed by atoms with van der Waals surface area (Å²) in [6.07, 6.45) is 20.1. The zero-order chi connectivity index (χ0) is 26.6. The molecule has 35 heavy (non-hydrogen) atoms. The second kappa shape index (κ2) is 29.0. The fourth-order valence-electron chi connectivity index (χ4n) is 3.89. The summed E-state index contributed by atoms with van der Waals surface area (Å²) < 4.78 is 0. The fraction of sp³-hybridized carbons (Fsp3) is 0.926. The lowest BCUT2D eigenvalue weighted by atomic mass is 10.0. The van der Waals surface area contributed by atoms with Gasteiger partial charge in [0.15, 0.2) is 0 Å². The van der Waals surface area contributed by atoms with Crippen molar-refractivity contribution in [3.8, 4) is 0 Å². The number of carboxylic acid groups (broad SMARTS) is 1. The second-order valence-electron chi connectivity index (χ2n) is 9.36. The maximum atomic E-state index is 11.7. The quantitative estimate of drug-likeness (QED) is 0.146. The molecule has 0 aromatic rings. The molecular formula is C27H56N2O6. The van der Waals surface area contributed by atoms with E-state index in [0.717, 1.165) is 12.8 Å². The summed E-state index contributed by atoms with van der Waals surface area (Å²) in [7, 11) is 1.56. The number of hydrogen-bond donors (Lipinski definition) is 4. The minimum absolute atomic E-state index is 0.0582. The first-order valence-corrected chi connectivity index (χ1v) is 13.9. The van der Waals surface area contributed by atoms with Gasteiger partial charge in [-0.2, -0.15) is 0 Å². The van der Waals surface area contributed by atoms with E-state index in [1.165, 1.54) is 88.4 Å². The molecule has 0 bridgehead atoms. The largest absolute Gasteiger partial charge is 0.480 e. The van der Waals surface area contributed by atoms with Crippen LogP contribution in [-0.4, -0.2) is 95.1 Å². The Morgan fingerprint density at radius 1 is 0.600 bits per heavy atom. The number of aliphatic carboxylic acids is 1. The molecule has 0 rings (SSSR count). The van der Waals surface area contributed by atoms with Gasteiger partial charge in [0.2, 0.25) is 5.91 Å². The average Bonchev–Trinajstić information content (AvgIpc) is 2.82. The number of aliphatic hydroxyl groups excluding tert-OH is 3. The molecule has 0 aromatic heterocycles. The third-order valence-electron chi connectivity index (χ3n) is 6.04. The second-order valence-corrected chi connectivity index (χ2v) is 9.36. The van der Waals surface area contributed by atoms with Crippen LogP contribution in [0.1, 0.15) is 110 Å². The van der Waals surface area contributed by atoms with E-state index in [1.807, 2.05) is 0 Å². The van der Waals surface area contributed by atoms with Crippen molar-refractivity contribution in [2.24, 2.45) is 0 Å². The molecule has 0 spiro atoms. The predicted molar refractivity (Wildman–Crippen MR) is 143 cm³/mol. The zero-order valence-electron chi connectivity index (χ0n) is 22.8. The normalized spacial score (nSPS) is 10.8. The van der Waals surface area contributed by atoms with E-state index in [4.69, 9.17) is 20.4 Å². The van der Waals surface area contributed by atoms with Crippen molar-refractivity contribution in [1.29, 1.82) is 0 Å². The molecular weight excluding hydrogens is 448 g/mol. The van der Waals surface area contributed by atoms with Gasteiger partial charge in [-0.15, -0.1) is 0 Å². The summed E-state index contributed by atoms with van der Waals surface area (Å²) >= 11 is 0. The molecule has 0 saturated carbocycles. The minimum atomic E-state index is -0.952. The van der Waals surface area contributed by atoms with Gasteiger partial charge in [-0.1, -0.05) is 96.8 Å². The lowest BCUT2D eigenvalue weighted by Crippen LogP contribution is -2.32. The van der Waals surface area contributed by atoms with E-state index in [2.05, 4.69) is 6.92 Å². The third kappa shape index (κ3) is 28.9. The first-order valence-electron chi connectivity index (χ1n) is 13.9. The van der Waals surface area contributed by atoms with Gasteiger partial charge in [-0.3, -0.25) is 14.5 Å². The van der Waals surface area contributed by atoms with Gasteiger partial charge < -0.3 is 25.3 Å². The SMILES string of the molecule is CCCCCCCCCCCCCCCCCC(=O)N(C)CC(=O)O.OCCN(CCO)CCO. The van der Waals surface area contributed by atoms with Gasteiger partial charge in [-0.25, -0.2) is 0 Å². The first-order chi connectivity index (χ1) is 16.9. The minimum Gasteiger partial charge on any atom is -0.480 e. The summed E-state index contributed by atoms with van der Waals surface area (Å²) in [5, 5.41) is 34.1. The van der Waals surface area contributed by atoms with Gasteiger partial charge in [0.05, 0.1) is 19.8 Å². The molecule has 0 saturated heterocycles. The number of hydrogen-bond acceptors (Lipinski definition) is 6. The topological polar surface area (TPSA) is 122 Å². The van der Waals surface area contributed by atoms with E-state index < -0.39 is 5.97 Å². The van der Waals surface area contributed by atoms with Crippen molar-refractivity contribution in [3.63, 3.8) is 0 Å². The van der Waals surface area contributed by atoms with Crippen molar-refractivity contribution >= 4 is 11.9 Å². The maximum Gasteiger partial charge on any atom is 0.323 e. The Morgan fingerprint density at radius 3 is 1.26 bits per heavy atom. The van der Waals surface area contributed by atoms with Crippen molar-refractivity contribution in [3.05, 3.63) is 0 Å². The molecule has 0 radical (unpaired) electrons.